The Morgan fingerprint density at radius 2 is 1.95 bits per heavy atom. The van der Waals surface area contributed by atoms with Gasteiger partial charge in [0.2, 0.25) is 5.91 Å². The van der Waals surface area contributed by atoms with Crippen molar-refractivity contribution < 1.29 is 22.7 Å². The van der Waals surface area contributed by atoms with Crippen molar-refractivity contribution in [2.45, 2.75) is 25.6 Å². The molecule has 1 saturated heterocycles. The Labute approximate surface area is 233 Å². The Balaban J connectivity index is 1.56. The Bertz CT molecular complexity index is 1460. The molecule has 40 heavy (non-hydrogen) atoms. The van der Waals surface area contributed by atoms with E-state index in [9.17, 15) is 18.0 Å². The molecule has 0 aliphatic carbocycles. The highest BCUT2D eigenvalue weighted by molar-refractivity contribution is 7.90. The summed E-state index contributed by atoms with van der Waals surface area (Å²) in [6, 6.07) is 8.45. The van der Waals surface area contributed by atoms with Crippen LogP contribution in [0.1, 0.15) is 19.5 Å². The molecule has 4 rings (SSSR count). The first-order valence-electron chi connectivity index (χ1n) is 12.8. The van der Waals surface area contributed by atoms with Crippen LogP contribution in [0.2, 0.25) is 0 Å². The molecule has 214 valence electrons. The summed E-state index contributed by atoms with van der Waals surface area (Å²) in [7, 11) is -0.120. The number of nitrogens with one attached hydrogen (secondary N) is 2. The SMILES string of the molecule is CC(=O)NCCS(=O)(=O)Cc1cc(N2CCOC[C@@H]2C)nc(-c2ccc(NC(=O)N(C)c3cnn(C)c3)cc2)n1. The summed E-state index contributed by atoms with van der Waals surface area (Å²) in [5.74, 6) is 0.211. The van der Waals surface area contributed by atoms with Gasteiger partial charge in [-0.2, -0.15) is 5.10 Å². The maximum absolute atomic E-state index is 12.8. The number of nitrogens with zero attached hydrogens (tertiary/aromatic N) is 6. The number of carbonyl (C=O) groups excluding carboxylic acids is 2. The summed E-state index contributed by atoms with van der Waals surface area (Å²) in [6.07, 6.45) is 3.33. The first kappa shape index (κ1) is 29.0. The molecule has 2 N–H and O–H groups in total. The number of hydrogen-bond acceptors (Lipinski definition) is 9. The Morgan fingerprint density at radius 1 is 1.20 bits per heavy atom. The van der Waals surface area contributed by atoms with E-state index >= 15 is 0 Å². The fourth-order valence-corrected chi connectivity index (χ4v) is 5.35. The first-order valence-corrected chi connectivity index (χ1v) is 14.6. The molecule has 3 aromatic rings. The van der Waals surface area contributed by atoms with Crippen molar-refractivity contribution in [2.24, 2.45) is 7.05 Å². The van der Waals surface area contributed by atoms with Crippen LogP contribution in [0.15, 0.2) is 42.7 Å². The molecule has 3 heterocycles. The number of sulfone groups is 1. The lowest BCUT2D eigenvalue weighted by atomic mass is 10.2. The summed E-state index contributed by atoms with van der Waals surface area (Å²) in [6.45, 7) is 5.08. The number of rotatable bonds is 9. The van der Waals surface area contributed by atoms with Gasteiger partial charge < -0.3 is 20.3 Å². The van der Waals surface area contributed by atoms with E-state index in [1.54, 1.807) is 61.5 Å². The molecule has 1 aliphatic heterocycles. The molecule has 0 saturated carbocycles. The minimum Gasteiger partial charge on any atom is -0.377 e. The molecule has 14 heteroatoms. The molecule has 13 nitrogen and oxygen atoms in total. The van der Waals surface area contributed by atoms with Crippen molar-refractivity contribution in [1.29, 1.82) is 0 Å². The average molecular weight is 571 g/mol. The molecular formula is C26H34N8O5S. The van der Waals surface area contributed by atoms with Gasteiger partial charge in [-0.1, -0.05) is 0 Å². The highest BCUT2D eigenvalue weighted by atomic mass is 32.2. The number of aryl methyl sites for hydroxylation is 1. The molecule has 0 unspecified atom stereocenters. The summed E-state index contributed by atoms with van der Waals surface area (Å²) in [5.41, 5.74) is 2.25. The highest BCUT2D eigenvalue weighted by Crippen LogP contribution is 2.25. The van der Waals surface area contributed by atoms with Gasteiger partial charge in [-0.3, -0.25) is 14.4 Å². The largest absolute Gasteiger partial charge is 0.377 e. The van der Waals surface area contributed by atoms with E-state index in [-0.39, 0.29) is 36.0 Å². The number of carbonyl (C=O) groups is 2. The van der Waals surface area contributed by atoms with E-state index < -0.39 is 9.84 Å². The third-order valence-corrected chi connectivity index (χ3v) is 7.92. The van der Waals surface area contributed by atoms with Crippen molar-refractivity contribution in [2.75, 3.05) is 54.2 Å². The zero-order valence-corrected chi connectivity index (χ0v) is 23.8. The van der Waals surface area contributed by atoms with Gasteiger partial charge in [0.05, 0.1) is 48.3 Å². The molecule has 1 aromatic carbocycles. The minimum absolute atomic E-state index is 0.0338. The molecule has 1 atom stereocenters. The molecule has 3 amide bonds. The zero-order valence-electron chi connectivity index (χ0n) is 23.0. The number of benzene rings is 1. The number of aromatic nitrogens is 4. The molecule has 0 radical (unpaired) electrons. The van der Waals surface area contributed by atoms with Crippen LogP contribution in [0.4, 0.5) is 22.0 Å². The number of anilines is 3. The predicted octanol–water partition coefficient (Wildman–Crippen LogP) is 1.82. The highest BCUT2D eigenvalue weighted by Gasteiger charge is 2.23. The van der Waals surface area contributed by atoms with Crippen molar-refractivity contribution in [3.8, 4) is 11.4 Å². The van der Waals surface area contributed by atoms with Crippen molar-refractivity contribution in [3.63, 3.8) is 0 Å². The second-order valence-corrected chi connectivity index (χ2v) is 11.9. The molecule has 0 bridgehead atoms. The lowest BCUT2D eigenvalue weighted by Crippen LogP contribution is -2.44. The van der Waals surface area contributed by atoms with E-state index in [0.717, 1.165) is 0 Å². The van der Waals surface area contributed by atoms with Crippen LogP contribution in [-0.2, 0) is 32.2 Å². The Kier molecular flexibility index (Phi) is 9.00. The van der Waals surface area contributed by atoms with Crippen molar-refractivity contribution in [1.82, 2.24) is 25.1 Å². The quantitative estimate of drug-likeness (QED) is 0.392. The van der Waals surface area contributed by atoms with Gasteiger partial charge in [-0.25, -0.2) is 23.2 Å². The lowest BCUT2D eigenvalue weighted by molar-refractivity contribution is -0.118. The fourth-order valence-electron chi connectivity index (χ4n) is 4.19. The van der Waals surface area contributed by atoms with Gasteiger partial charge in [-0.15, -0.1) is 0 Å². The maximum atomic E-state index is 12.8. The maximum Gasteiger partial charge on any atom is 0.326 e. The number of ether oxygens (including phenoxy) is 1. The summed E-state index contributed by atoms with van der Waals surface area (Å²) in [5, 5.41) is 9.45. The van der Waals surface area contributed by atoms with Gasteiger partial charge in [0.25, 0.3) is 0 Å². The summed E-state index contributed by atoms with van der Waals surface area (Å²) in [4.78, 5) is 36.7. The van der Waals surface area contributed by atoms with Crippen molar-refractivity contribution in [3.05, 3.63) is 48.4 Å². The van der Waals surface area contributed by atoms with Crippen molar-refractivity contribution >= 4 is 39.0 Å². The third-order valence-electron chi connectivity index (χ3n) is 6.36. The molecule has 0 spiro atoms. The minimum atomic E-state index is -3.55. The van der Waals surface area contributed by atoms with Crippen LogP contribution in [0.3, 0.4) is 0 Å². The Hall–Kier alpha value is -4.04. The lowest BCUT2D eigenvalue weighted by Gasteiger charge is -2.34. The predicted molar refractivity (Wildman–Crippen MR) is 152 cm³/mol. The van der Waals surface area contributed by atoms with Gasteiger partial charge in [-0.05, 0) is 31.2 Å². The van der Waals surface area contributed by atoms with E-state index in [0.29, 0.717) is 54.0 Å². The number of morpholine rings is 1. The second kappa shape index (κ2) is 12.4. The van der Waals surface area contributed by atoms with Crippen LogP contribution in [0.25, 0.3) is 11.4 Å². The average Bonchev–Trinajstić information content (AvgIpc) is 3.34. The molecular weight excluding hydrogens is 536 g/mol. The van der Waals surface area contributed by atoms with Crippen LogP contribution < -0.4 is 20.4 Å². The smallest absolute Gasteiger partial charge is 0.326 e. The van der Waals surface area contributed by atoms with E-state index in [1.807, 2.05) is 6.92 Å². The molecule has 1 fully saturated rings. The number of amides is 3. The van der Waals surface area contributed by atoms with Crippen LogP contribution in [-0.4, -0.2) is 85.3 Å². The zero-order chi connectivity index (χ0) is 28.9. The topological polar surface area (TPSA) is 152 Å². The second-order valence-electron chi connectivity index (χ2n) is 9.67. The summed E-state index contributed by atoms with van der Waals surface area (Å²) < 4.78 is 32.8. The standard InChI is InChI=1S/C26H34N8O5S/c1-18-16-39-11-10-34(18)24-13-22(17-40(37,38)12-9-27-19(2)35)29-25(31-24)20-5-7-21(8-6-20)30-26(36)33(4)23-14-28-32(3)15-23/h5-8,13-15,18H,9-12,16-17H2,1-4H3,(H,27,35)(H,30,36)/t18-/m0/s1. The van der Waals surface area contributed by atoms with Gasteiger partial charge in [0, 0.05) is 57.6 Å². The van der Waals surface area contributed by atoms with Crippen LogP contribution in [0, 0.1) is 0 Å². The number of hydrogen-bond donors (Lipinski definition) is 2. The number of urea groups is 1. The van der Waals surface area contributed by atoms with E-state index in [1.165, 1.54) is 11.8 Å². The van der Waals surface area contributed by atoms with E-state index in [2.05, 4.69) is 25.6 Å². The first-order chi connectivity index (χ1) is 19.0. The molecule has 2 aromatic heterocycles. The van der Waals surface area contributed by atoms with Gasteiger partial charge >= 0.3 is 6.03 Å². The van der Waals surface area contributed by atoms with Gasteiger partial charge in [0.15, 0.2) is 15.7 Å². The fraction of sp³-hybridized carbons (Fsp3) is 0.423. The molecule has 1 aliphatic rings. The Morgan fingerprint density at radius 3 is 2.60 bits per heavy atom. The van der Waals surface area contributed by atoms with Gasteiger partial charge in [0.1, 0.15) is 5.82 Å². The normalized spacial score (nSPS) is 15.5. The monoisotopic (exact) mass is 570 g/mol. The summed E-state index contributed by atoms with van der Waals surface area (Å²) >= 11 is 0. The third kappa shape index (κ3) is 7.54. The van der Waals surface area contributed by atoms with E-state index in [4.69, 9.17) is 9.72 Å². The van der Waals surface area contributed by atoms with Crippen LogP contribution >= 0.6 is 0 Å². The van der Waals surface area contributed by atoms with Crippen LogP contribution in [0.5, 0.6) is 0 Å².